The highest BCUT2D eigenvalue weighted by Gasteiger charge is 2.42. The molecule has 38 heavy (non-hydrogen) atoms. The molecule has 1 aliphatic rings. The smallest absolute Gasteiger partial charge is 0.174 e. The lowest BCUT2D eigenvalue weighted by Crippen LogP contribution is -2.29. The molecule has 1 saturated heterocycles. The number of thiocarbonyl (C=S) groups is 1. The maximum absolute atomic E-state index is 6.66. The molecule has 0 bridgehead atoms. The summed E-state index contributed by atoms with van der Waals surface area (Å²) in [4.78, 5) is 6.83. The van der Waals surface area contributed by atoms with Crippen molar-refractivity contribution in [2.45, 2.75) is 32.9 Å². The number of pyridine rings is 1. The fraction of sp³-hybridized carbons (Fsp3) is 0.267. The van der Waals surface area contributed by atoms with Crippen LogP contribution in [-0.2, 0) is 4.74 Å². The van der Waals surface area contributed by atoms with Gasteiger partial charge in [-0.25, -0.2) is 0 Å². The Hall–Kier alpha value is -3.39. The first-order valence-corrected chi connectivity index (χ1v) is 13.4. The monoisotopic (exact) mass is 546 g/mol. The molecular weight excluding hydrogens is 516 g/mol. The van der Waals surface area contributed by atoms with E-state index in [4.69, 9.17) is 33.3 Å². The molecule has 5 rings (SSSR count). The number of nitrogens with one attached hydrogen (secondary N) is 1. The summed E-state index contributed by atoms with van der Waals surface area (Å²) in [5.74, 6) is 0.612. The zero-order valence-electron chi connectivity index (χ0n) is 21.9. The Morgan fingerprint density at radius 3 is 2.53 bits per heavy atom. The molecule has 0 aliphatic carbocycles. The third-order valence-corrected chi connectivity index (χ3v) is 7.50. The van der Waals surface area contributed by atoms with Gasteiger partial charge in [0.15, 0.2) is 5.11 Å². The average molecular weight is 547 g/mol. The Bertz CT molecular complexity index is 1460. The fourth-order valence-corrected chi connectivity index (χ4v) is 5.77. The first kappa shape index (κ1) is 26.2. The van der Waals surface area contributed by atoms with E-state index in [2.05, 4.69) is 70.9 Å². The quantitative estimate of drug-likeness (QED) is 0.197. The van der Waals surface area contributed by atoms with Gasteiger partial charge in [0.25, 0.3) is 0 Å². The Morgan fingerprint density at radius 2 is 1.82 bits per heavy atom. The third kappa shape index (κ3) is 5.01. The highest BCUT2D eigenvalue weighted by Crippen LogP contribution is 2.45. The number of anilines is 1. The average Bonchev–Trinajstić information content (AvgIpc) is 3.40. The molecule has 0 unspecified atom stereocenters. The molecule has 1 N–H and O–H groups in total. The molecule has 4 aromatic rings. The van der Waals surface area contributed by atoms with Crippen LogP contribution in [0.25, 0.3) is 5.69 Å². The molecule has 2 aromatic heterocycles. The van der Waals surface area contributed by atoms with Crippen LogP contribution in [0.3, 0.4) is 0 Å². The van der Waals surface area contributed by atoms with Crippen molar-refractivity contribution in [2.75, 3.05) is 25.2 Å². The van der Waals surface area contributed by atoms with Gasteiger partial charge in [0, 0.05) is 36.1 Å². The number of nitrogens with zero attached hydrogens (tertiary/aromatic N) is 3. The third-order valence-electron chi connectivity index (χ3n) is 6.89. The predicted octanol–water partition coefficient (Wildman–Crippen LogP) is 6.65. The summed E-state index contributed by atoms with van der Waals surface area (Å²) >= 11 is 12.6. The maximum Gasteiger partial charge on any atom is 0.174 e. The van der Waals surface area contributed by atoms with E-state index in [0.29, 0.717) is 29.1 Å². The van der Waals surface area contributed by atoms with Gasteiger partial charge in [0.05, 0.1) is 29.4 Å². The summed E-state index contributed by atoms with van der Waals surface area (Å²) in [6, 6.07) is 22.3. The standard InChI is InChI=1S/C30H31ClN4O2S/c1-19-8-7-9-22(16-19)34-20(2)17-24(21(34)3)29-28(26-10-5-6-13-32-26)33-30(38)35(29)23-11-12-27(25(31)18-23)37-15-14-36-4/h5-13,16-18,28-29H,14-15H2,1-4H3,(H,33,38)/t28-,29-/m1/s1. The zero-order chi connectivity index (χ0) is 26.8. The minimum atomic E-state index is -0.147. The topological polar surface area (TPSA) is 51.6 Å². The van der Waals surface area contributed by atoms with Crippen LogP contribution in [0.15, 0.2) is 72.9 Å². The van der Waals surface area contributed by atoms with Crippen molar-refractivity contribution >= 4 is 34.6 Å². The number of halogens is 1. The minimum Gasteiger partial charge on any atom is -0.490 e. The van der Waals surface area contributed by atoms with E-state index in [1.54, 1.807) is 7.11 Å². The molecular formula is C30H31ClN4O2S. The summed E-state index contributed by atoms with van der Waals surface area (Å²) in [5.41, 5.74) is 7.64. The summed E-state index contributed by atoms with van der Waals surface area (Å²) in [5, 5.41) is 4.68. The fourth-order valence-electron chi connectivity index (χ4n) is 5.19. The molecule has 0 radical (unpaired) electrons. The second-order valence-electron chi connectivity index (χ2n) is 9.45. The predicted molar refractivity (Wildman–Crippen MR) is 157 cm³/mol. The van der Waals surface area contributed by atoms with Crippen LogP contribution in [0.1, 0.15) is 40.3 Å². The lowest BCUT2D eigenvalue weighted by atomic mass is 9.96. The van der Waals surface area contributed by atoms with Crippen LogP contribution in [0.2, 0.25) is 5.02 Å². The Labute approximate surface area is 234 Å². The van der Waals surface area contributed by atoms with Crippen molar-refractivity contribution in [3.63, 3.8) is 0 Å². The highest BCUT2D eigenvalue weighted by atomic mass is 35.5. The molecule has 6 nitrogen and oxygen atoms in total. The van der Waals surface area contributed by atoms with Crippen molar-refractivity contribution in [3.05, 3.63) is 106 Å². The van der Waals surface area contributed by atoms with E-state index in [9.17, 15) is 0 Å². The molecule has 196 valence electrons. The number of hydrogen-bond acceptors (Lipinski definition) is 4. The van der Waals surface area contributed by atoms with Crippen LogP contribution in [0.4, 0.5) is 5.69 Å². The van der Waals surface area contributed by atoms with E-state index in [0.717, 1.165) is 28.5 Å². The Kier molecular flexibility index (Phi) is 7.70. The summed E-state index contributed by atoms with van der Waals surface area (Å²) in [6.45, 7) is 7.34. The molecule has 0 saturated carbocycles. The van der Waals surface area contributed by atoms with Gasteiger partial charge >= 0.3 is 0 Å². The first-order valence-electron chi connectivity index (χ1n) is 12.6. The van der Waals surface area contributed by atoms with E-state index in [1.807, 2.05) is 42.6 Å². The second kappa shape index (κ2) is 11.2. The van der Waals surface area contributed by atoms with Gasteiger partial charge in [-0.3, -0.25) is 4.98 Å². The van der Waals surface area contributed by atoms with Gasteiger partial charge in [-0.1, -0.05) is 29.8 Å². The SMILES string of the molecule is COCCOc1ccc(N2C(=S)N[C@H](c3ccccn3)[C@H]2c2cc(C)n(-c3cccc(C)c3)c2C)cc1Cl. The molecule has 0 amide bonds. The van der Waals surface area contributed by atoms with Gasteiger partial charge in [-0.05, 0) is 92.6 Å². The highest BCUT2D eigenvalue weighted by molar-refractivity contribution is 7.80. The molecule has 0 spiro atoms. The minimum absolute atomic E-state index is 0.140. The summed E-state index contributed by atoms with van der Waals surface area (Å²) in [6.07, 6.45) is 1.82. The van der Waals surface area contributed by atoms with Crippen LogP contribution in [-0.4, -0.2) is 35.0 Å². The van der Waals surface area contributed by atoms with Crippen molar-refractivity contribution in [1.29, 1.82) is 0 Å². The van der Waals surface area contributed by atoms with E-state index in [-0.39, 0.29) is 12.1 Å². The van der Waals surface area contributed by atoms with E-state index < -0.39 is 0 Å². The van der Waals surface area contributed by atoms with Gasteiger partial charge in [0.1, 0.15) is 12.4 Å². The van der Waals surface area contributed by atoms with Crippen LogP contribution < -0.4 is 15.0 Å². The zero-order valence-corrected chi connectivity index (χ0v) is 23.5. The maximum atomic E-state index is 6.66. The first-order chi connectivity index (χ1) is 18.4. The van der Waals surface area contributed by atoms with Gasteiger partial charge in [0.2, 0.25) is 0 Å². The number of aryl methyl sites for hydroxylation is 2. The summed E-state index contributed by atoms with van der Waals surface area (Å²) < 4.78 is 13.2. The number of ether oxygens (including phenoxy) is 2. The van der Waals surface area contributed by atoms with Gasteiger partial charge in [-0.15, -0.1) is 0 Å². The normalized spacial score (nSPS) is 17.1. The Balaban J connectivity index is 1.61. The van der Waals surface area contributed by atoms with Crippen LogP contribution in [0.5, 0.6) is 5.75 Å². The second-order valence-corrected chi connectivity index (χ2v) is 10.2. The number of rotatable bonds is 8. The number of hydrogen-bond donors (Lipinski definition) is 1. The van der Waals surface area contributed by atoms with Crippen molar-refractivity contribution < 1.29 is 9.47 Å². The summed E-state index contributed by atoms with van der Waals surface area (Å²) in [7, 11) is 1.64. The lowest BCUT2D eigenvalue weighted by molar-refractivity contribution is 0.146. The van der Waals surface area contributed by atoms with Gasteiger partial charge in [-0.2, -0.15) is 0 Å². The van der Waals surface area contributed by atoms with Crippen molar-refractivity contribution in [1.82, 2.24) is 14.9 Å². The van der Waals surface area contributed by atoms with Crippen LogP contribution in [0, 0.1) is 20.8 Å². The molecule has 1 aliphatic heterocycles. The molecule has 2 aromatic carbocycles. The van der Waals surface area contributed by atoms with Crippen molar-refractivity contribution in [3.8, 4) is 11.4 Å². The Morgan fingerprint density at radius 1 is 0.974 bits per heavy atom. The largest absolute Gasteiger partial charge is 0.490 e. The van der Waals surface area contributed by atoms with Crippen molar-refractivity contribution in [2.24, 2.45) is 0 Å². The van der Waals surface area contributed by atoms with E-state index >= 15 is 0 Å². The lowest BCUT2D eigenvalue weighted by Gasteiger charge is -2.28. The molecule has 1 fully saturated rings. The molecule has 2 atom stereocenters. The molecule has 8 heteroatoms. The van der Waals surface area contributed by atoms with E-state index in [1.165, 1.54) is 11.1 Å². The molecule has 3 heterocycles. The van der Waals surface area contributed by atoms with Gasteiger partial charge < -0.3 is 24.3 Å². The van der Waals surface area contributed by atoms with Crippen LogP contribution >= 0.6 is 23.8 Å². The number of aromatic nitrogens is 2. The number of methoxy groups -OCH3 is 1. The number of benzene rings is 2.